The molecule has 1 fully saturated rings. The van der Waals surface area contributed by atoms with Crippen LogP contribution in [0.1, 0.15) is 59.8 Å². The SMILES string of the molecule is Cc1ccc(C(C(=O)NC2CCCCC2)N(C(=O)c2ccccn2)c2ccc(F)cc2)cc1. The van der Waals surface area contributed by atoms with E-state index in [9.17, 15) is 14.0 Å². The summed E-state index contributed by atoms with van der Waals surface area (Å²) in [6.07, 6.45) is 6.73. The van der Waals surface area contributed by atoms with E-state index < -0.39 is 17.8 Å². The molecule has 1 heterocycles. The number of pyridine rings is 1. The van der Waals surface area contributed by atoms with Crippen LogP contribution in [-0.2, 0) is 4.79 Å². The minimum Gasteiger partial charge on any atom is -0.351 e. The van der Waals surface area contributed by atoms with Crippen molar-refractivity contribution in [3.8, 4) is 0 Å². The van der Waals surface area contributed by atoms with Crippen molar-refractivity contribution in [2.45, 2.75) is 51.1 Å². The largest absolute Gasteiger partial charge is 0.351 e. The predicted octanol–water partition coefficient (Wildman–Crippen LogP) is 5.37. The molecule has 170 valence electrons. The Hall–Kier alpha value is -3.54. The lowest BCUT2D eigenvalue weighted by Gasteiger charge is -2.33. The van der Waals surface area contributed by atoms with Crippen molar-refractivity contribution in [3.05, 3.63) is 95.6 Å². The molecule has 1 N–H and O–H groups in total. The number of benzene rings is 2. The fourth-order valence-corrected chi connectivity index (χ4v) is 4.29. The molecule has 1 aliphatic rings. The number of hydrogen-bond donors (Lipinski definition) is 1. The van der Waals surface area contributed by atoms with Gasteiger partial charge in [0.2, 0.25) is 5.91 Å². The number of hydrogen-bond acceptors (Lipinski definition) is 3. The molecule has 0 bridgehead atoms. The molecule has 33 heavy (non-hydrogen) atoms. The molecule has 1 atom stereocenters. The summed E-state index contributed by atoms with van der Waals surface area (Å²) in [4.78, 5) is 33.0. The summed E-state index contributed by atoms with van der Waals surface area (Å²) in [5, 5.41) is 3.17. The number of nitrogens with one attached hydrogen (secondary N) is 1. The van der Waals surface area contributed by atoms with Crippen LogP contribution in [0.15, 0.2) is 72.9 Å². The lowest BCUT2D eigenvalue weighted by atomic mass is 9.94. The third-order valence-corrected chi connectivity index (χ3v) is 6.06. The Balaban J connectivity index is 1.79. The number of aryl methyl sites for hydroxylation is 1. The van der Waals surface area contributed by atoms with Crippen LogP contribution in [0.4, 0.5) is 10.1 Å². The molecule has 0 saturated heterocycles. The van der Waals surface area contributed by atoms with Gasteiger partial charge in [-0.05, 0) is 61.7 Å². The van der Waals surface area contributed by atoms with Crippen molar-refractivity contribution >= 4 is 17.5 Å². The zero-order valence-corrected chi connectivity index (χ0v) is 18.7. The Morgan fingerprint density at radius 2 is 1.67 bits per heavy atom. The van der Waals surface area contributed by atoms with Crippen LogP contribution in [0.5, 0.6) is 0 Å². The van der Waals surface area contributed by atoms with E-state index in [-0.39, 0.29) is 17.6 Å². The monoisotopic (exact) mass is 445 g/mol. The van der Waals surface area contributed by atoms with E-state index >= 15 is 0 Å². The Labute approximate surface area is 193 Å². The number of aromatic nitrogens is 1. The second-order valence-electron chi connectivity index (χ2n) is 8.52. The predicted molar refractivity (Wildman–Crippen MR) is 126 cm³/mol. The van der Waals surface area contributed by atoms with E-state index in [1.807, 2.05) is 31.2 Å². The Morgan fingerprint density at radius 1 is 0.970 bits per heavy atom. The Kier molecular flexibility index (Phi) is 7.13. The summed E-state index contributed by atoms with van der Waals surface area (Å²) in [5.74, 6) is -1.09. The van der Waals surface area contributed by atoms with Crippen LogP contribution < -0.4 is 10.2 Å². The first-order valence-corrected chi connectivity index (χ1v) is 11.4. The molecular weight excluding hydrogens is 417 g/mol. The third kappa shape index (κ3) is 5.45. The molecule has 0 radical (unpaired) electrons. The van der Waals surface area contributed by atoms with E-state index in [4.69, 9.17) is 0 Å². The number of carbonyl (C=O) groups is 2. The van der Waals surface area contributed by atoms with Gasteiger partial charge in [0.05, 0.1) is 0 Å². The van der Waals surface area contributed by atoms with Gasteiger partial charge in [0.25, 0.3) is 5.91 Å². The molecule has 1 unspecified atom stereocenters. The van der Waals surface area contributed by atoms with Crippen molar-refractivity contribution in [2.24, 2.45) is 0 Å². The zero-order chi connectivity index (χ0) is 23.2. The molecule has 6 heteroatoms. The minimum atomic E-state index is -0.924. The second kappa shape index (κ2) is 10.4. The van der Waals surface area contributed by atoms with E-state index in [2.05, 4.69) is 10.3 Å². The van der Waals surface area contributed by atoms with Crippen LogP contribution >= 0.6 is 0 Å². The van der Waals surface area contributed by atoms with Gasteiger partial charge in [-0.25, -0.2) is 4.39 Å². The highest BCUT2D eigenvalue weighted by Crippen LogP contribution is 2.31. The van der Waals surface area contributed by atoms with Gasteiger partial charge in [-0.3, -0.25) is 19.5 Å². The topological polar surface area (TPSA) is 62.3 Å². The van der Waals surface area contributed by atoms with Crippen LogP contribution in [0, 0.1) is 12.7 Å². The average Bonchev–Trinajstić information content (AvgIpc) is 2.85. The third-order valence-electron chi connectivity index (χ3n) is 6.06. The number of nitrogens with zero attached hydrogens (tertiary/aromatic N) is 2. The maximum absolute atomic E-state index is 13.7. The van der Waals surface area contributed by atoms with Gasteiger partial charge in [0, 0.05) is 17.9 Å². The Morgan fingerprint density at radius 3 is 2.30 bits per heavy atom. The van der Waals surface area contributed by atoms with Crippen molar-refractivity contribution in [1.29, 1.82) is 0 Å². The van der Waals surface area contributed by atoms with Gasteiger partial charge in [0.1, 0.15) is 17.6 Å². The molecule has 2 amide bonds. The van der Waals surface area contributed by atoms with E-state index in [0.717, 1.165) is 31.2 Å². The van der Waals surface area contributed by atoms with Gasteiger partial charge in [-0.2, -0.15) is 0 Å². The van der Waals surface area contributed by atoms with Crippen molar-refractivity contribution in [2.75, 3.05) is 4.90 Å². The maximum Gasteiger partial charge on any atom is 0.277 e. The van der Waals surface area contributed by atoms with Gasteiger partial charge in [-0.1, -0.05) is 55.2 Å². The number of carbonyl (C=O) groups excluding carboxylic acids is 2. The van der Waals surface area contributed by atoms with E-state index in [0.29, 0.717) is 11.3 Å². The molecule has 0 spiro atoms. The molecule has 1 saturated carbocycles. The molecule has 5 nitrogen and oxygen atoms in total. The van der Waals surface area contributed by atoms with Gasteiger partial charge in [-0.15, -0.1) is 0 Å². The molecule has 0 aliphatic heterocycles. The minimum absolute atomic E-state index is 0.0826. The fraction of sp³-hybridized carbons (Fsp3) is 0.296. The first-order valence-electron chi connectivity index (χ1n) is 11.4. The highest BCUT2D eigenvalue weighted by Gasteiger charge is 2.35. The fourth-order valence-electron chi connectivity index (χ4n) is 4.29. The maximum atomic E-state index is 13.7. The lowest BCUT2D eigenvalue weighted by molar-refractivity contribution is -0.123. The van der Waals surface area contributed by atoms with Crippen LogP contribution in [0.25, 0.3) is 0 Å². The smallest absolute Gasteiger partial charge is 0.277 e. The number of anilines is 1. The van der Waals surface area contributed by atoms with Crippen molar-refractivity contribution in [3.63, 3.8) is 0 Å². The zero-order valence-electron chi connectivity index (χ0n) is 18.7. The molecule has 2 aromatic carbocycles. The average molecular weight is 446 g/mol. The standard InChI is InChI=1S/C27H28FN3O2/c1-19-10-12-20(13-11-19)25(26(32)30-22-7-3-2-4-8-22)31(23-16-14-21(28)15-17-23)27(33)24-9-5-6-18-29-24/h5-6,9-18,22,25H,2-4,7-8H2,1H3,(H,30,32). The molecule has 1 aliphatic carbocycles. The summed E-state index contributed by atoms with van der Waals surface area (Å²) < 4.78 is 13.7. The van der Waals surface area contributed by atoms with Crippen molar-refractivity contribution < 1.29 is 14.0 Å². The number of halogens is 1. The van der Waals surface area contributed by atoms with Crippen LogP contribution in [0.2, 0.25) is 0 Å². The summed E-state index contributed by atoms with van der Waals surface area (Å²) in [6, 6.07) is 17.4. The van der Waals surface area contributed by atoms with Crippen LogP contribution in [0.3, 0.4) is 0 Å². The highest BCUT2D eigenvalue weighted by atomic mass is 19.1. The first-order chi connectivity index (χ1) is 16.0. The summed E-state index contributed by atoms with van der Waals surface area (Å²) in [7, 11) is 0. The normalized spacial score (nSPS) is 15.0. The van der Waals surface area contributed by atoms with Gasteiger partial charge in [0.15, 0.2) is 0 Å². The van der Waals surface area contributed by atoms with Gasteiger partial charge < -0.3 is 5.32 Å². The summed E-state index contributed by atoms with van der Waals surface area (Å²) >= 11 is 0. The quantitative estimate of drug-likeness (QED) is 0.555. The number of rotatable bonds is 6. The molecule has 3 aromatic rings. The van der Waals surface area contributed by atoms with Gasteiger partial charge >= 0.3 is 0 Å². The summed E-state index contributed by atoms with van der Waals surface area (Å²) in [5.41, 5.74) is 2.37. The number of amides is 2. The lowest BCUT2D eigenvalue weighted by Crippen LogP contribution is -2.47. The Bertz CT molecular complexity index is 1080. The van der Waals surface area contributed by atoms with Crippen LogP contribution in [-0.4, -0.2) is 22.8 Å². The molecule has 4 rings (SSSR count). The first kappa shape index (κ1) is 22.6. The van der Waals surface area contributed by atoms with Crippen molar-refractivity contribution in [1.82, 2.24) is 10.3 Å². The molecular formula is C27H28FN3O2. The summed E-state index contributed by atoms with van der Waals surface area (Å²) in [6.45, 7) is 1.97. The second-order valence-corrected chi connectivity index (χ2v) is 8.52. The van der Waals surface area contributed by atoms with E-state index in [1.165, 1.54) is 35.6 Å². The highest BCUT2D eigenvalue weighted by molar-refractivity contribution is 6.09. The van der Waals surface area contributed by atoms with E-state index in [1.54, 1.807) is 24.4 Å². The molecule has 1 aromatic heterocycles.